The molecular formula is C12H20OSSi. The molecule has 0 N–H and O–H groups in total. The van der Waals surface area contributed by atoms with E-state index in [4.69, 9.17) is 0 Å². The smallest absolute Gasteiger partial charge is 0.0526 e. The fraction of sp³-hybridized carbons (Fsp3) is 0.500. The first-order valence-corrected chi connectivity index (χ1v) is 10.4. The first-order valence-electron chi connectivity index (χ1n) is 5.33. The average molecular weight is 240 g/mol. The summed E-state index contributed by atoms with van der Waals surface area (Å²) >= 11 is 0. The van der Waals surface area contributed by atoms with Crippen molar-refractivity contribution in [3.8, 4) is 0 Å². The van der Waals surface area contributed by atoms with Gasteiger partial charge in [-0.3, -0.25) is 4.21 Å². The Balaban J connectivity index is 2.58. The Hall–Kier alpha value is -0.413. The summed E-state index contributed by atoms with van der Waals surface area (Å²) in [6.07, 6.45) is 0. The molecule has 1 aromatic rings. The van der Waals surface area contributed by atoms with E-state index in [-0.39, 0.29) is 0 Å². The molecular weight excluding hydrogens is 220 g/mol. The van der Waals surface area contributed by atoms with Crippen molar-refractivity contribution in [2.24, 2.45) is 0 Å². The predicted octanol–water partition coefficient (Wildman–Crippen LogP) is 3.44. The molecule has 0 bridgehead atoms. The minimum absolute atomic E-state index is 0.803. The second-order valence-electron chi connectivity index (χ2n) is 5.17. The summed E-state index contributed by atoms with van der Waals surface area (Å²) in [5.74, 6) is 0.818. The monoisotopic (exact) mass is 240 g/mol. The second kappa shape index (κ2) is 5.08. The van der Waals surface area contributed by atoms with Crippen molar-refractivity contribution in [3.05, 3.63) is 29.8 Å². The van der Waals surface area contributed by atoms with Crippen molar-refractivity contribution >= 4 is 18.9 Å². The maximum atomic E-state index is 11.9. The van der Waals surface area contributed by atoms with E-state index in [9.17, 15) is 4.21 Å². The van der Waals surface area contributed by atoms with Gasteiger partial charge in [-0.2, -0.15) is 0 Å². The molecule has 0 aliphatic heterocycles. The van der Waals surface area contributed by atoms with Crippen LogP contribution in [0.1, 0.15) is 5.56 Å². The Labute approximate surface area is 96.4 Å². The summed E-state index contributed by atoms with van der Waals surface area (Å²) in [5.41, 5.74) is 1.22. The van der Waals surface area contributed by atoms with Crippen molar-refractivity contribution in [1.82, 2.24) is 0 Å². The van der Waals surface area contributed by atoms with E-state index >= 15 is 0 Å². The lowest BCUT2D eigenvalue weighted by Crippen LogP contribution is -2.22. The zero-order valence-corrected chi connectivity index (χ0v) is 11.9. The van der Waals surface area contributed by atoms with Crippen LogP contribution < -0.4 is 0 Å². The highest BCUT2D eigenvalue weighted by Gasteiger charge is 2.14. The minimum Gasteiger partial charge on any atom is -0.254 e. The average Bonchev–Trinajstić information content (AvgIpc) is 2.14. The molecule has 0 aromatic heterocycles. The van der Waals surface area contributed by atoms with Gasteiger partial charge in [-0.25, -0.2) is 0 Å². The number of hydrogen-bond donors (Lipinski definition) is 0. The van der Waals surface area contributed by atoms with E-state index in [1.165, 1.54) is 5.56 Å². The second-order valence-corrected chi connectivity index (χ2v) is 12.4. The van der Waals surface area contributed by atoms with Gasteiger partial charge in [0.1, 0.15) is 0 Å². The number of hydrogen-bond acceptors (Lipinski definition) is 1. The van der Waals surface area contributed by atoms with E-state index in [0.717, 1.165) is 16.7 Å². The Morgan fingerprint density at radius 2 is 1.67 bits per heavy atom. The minimum atomic E-state index is -1.06. The van der Waals surface area contributed by atoms with E-state index in [1.807, 2.05) is 24.3 Å². The van der Waals surface area contributed by atoms with Gasteiger partial charge in [0.05, 0.1) is 10.8 Å². The molecule has 1 nitrogen and oxygen atoms in total. The van der Waals surface area contributed by atoms with Crippen molar-refractivity contribution in [2.45, 2.75) is 37.5 Å². The van der Waals surface area contributed by atoms with E-state index < -0.39 is 18.9 Å². The van der Waals surface area contributed by atoms with Crippen LogP contribution in [0.5, 0.6) is 0 Å². The lowest BCUT2D eigenvalue weighted by molar-refractivity contribution is 0.683. The zero-order chi connectivity index (χ0) is 11.5. The van der Waals surface area contributed by atoms with Crippen LogP contribution in [0.4, 0.5) is 0 Å². The molecule has 0 fully saturated rings. The van der Waals surface area contributed by atoms with Gasteiger partial charge in [0.25, 0.3) is 0 Å². The van der Waals surface area contributed by atoms with E-state index in [0.29, 0.717) is 0 Å². The molecule has 0 aliphatic carbocycles. The highest BCUT2D eigenvalue weighted by molar-refractivity contribution is 7.85. The van der Waals surface area contributed by atoms with Crippen LogP contribution in [0.15, 0.2) is 29.2 Å². The lowest BCUT2D eigenvalue weighted by atomic mass is 10.2. The van der Waals surface area contributed by atoms with Crippen molar-refractivity contribution in [2.75, 3.05) is 5.75 Å². The van der Waals surface area contributed by atoms with Crippen molar-refractivity contribution < 1.29 is 4.21 Å². The molecule has 1 unspecified atom stereocenters. The SMILES string of the molecule is Cc1ccc(S(=O)CC[Si](C)(C)C)cc1. The van der Waals surface area contributed by atoms with Crippen LogP contribution in [0.3, 0.4) is 0 Å². The van der Waals surface area contributed by atoms with Gasteiger partial charge in [-0.15, -0.1) is 0 Å². The highest BCUT2D eigenvalue weighted by atomic mass is 32.2. The van der Waals surface area contributed by atoms with E-state index in [1.54, 1.807) is 0 Å². The first-order chi connectivity index (χ1) is 6.88. The first kappa shape index (κ1) is 12.7. The normalized spacial score (nSPS) is 13.9. The van der Waals surface area contributed by atoms with Crippen LogP contribution in [0.25, 0.3) is 0 Å². The third-order valence-electron chi connectivity index (χ3n) is 2.32. The summed E-state index contributed by atoms with van der Waals surface area (Å²) in [6, 6.07) is 9.16. The van der Waals surface area contributed by atoms with Gasteiger partial charge in [0.2, 0.25) is 0 Å². The van der Waals surface area contributed by atoms with Gasteiger partial charge in [-0.05, 0) is 25.1 Å². The van der Waals surface area contributed by atoms with Gasteiger partial charge < -0.3 is 0 Å². The zero-order valence-electron chi connectivity index (χ0n) is 10.0. The Kier molecular flexibility index (Phi) is 4.29. The lowest BCUT2D eigenvalue weighted by Gasteiger charge is -2.14. The van der Waals surface area contributed by atoms with Crippen LogP contribution in [0, 0.1) is 6.92 Å². The molecule has 1 atom stereocenters. The summed E-state index contributed by atoms with van der Waals surface area (Å²) in [6.45, 7) is 9.01. The predicted molar refractivity (Wildman–Crippen MR) is 70.6 cm³/mol. The fourth-order valence-electron chi connectivity index (χ4n) is 1.21. The number of aryl methyl sites for hydroxylation is 1. The van der Waals surface area contributed by atoms with Crippen LogP contribution >= 0.6 is 0 Å². The van der Waals surface area contributed by atoms with Gasteiger partial charge >= 0.3 is 0 Å². The molecule has 0 spiro atoms. The largest absolute Gasteiger partial charge is 0.254 e. The van der Waals surface area contributed by atoms with Gasteiger partial charge in [-0.1, -0.05) is 37.3 Å². The quantitative estimate of drug-likeness (QED) is 0.737. The Morgan fingerprint density at radius 3 is 2.13 bits per heavy atom. The van der Waals surface area contributed by atoms with Crippen molar-refractivity contribution in [1.29, 1.82) is 0 Å². The third kappa shape index (κ3) is 4.75. The summed E-state index contributed by atoms with van der Waals surface area (Å²) in [5, 5.41) is 0. The molecule has 0 amide bonds. The Morgan fingerprint density at radius 1 is 1.13 bits per heavy atom. The Bertz CT molecular complexity index is 338. The fourth-order valence-corrected chi connectivity index (χ4v) is 5.07. The molecule has 0 aliphatic rings. The summed E-state index contributed by atoms with van der Waals surface area (Å²) in [4.78, 5) is 0.971. The molecule has 0 saturated heterocycles. The maximum Gasteiger partial charge on any atom is 0.0526 e. The molecule has 1 rings (SSSR count). The van der Waals surface area contributed by atoms with Crippen molar-refractivity contribution in [3.63, 3.8) is 0 Å². The summed E-state index contributed by atoms with van der Waals surface area (Å²) < 4.78 is 11.9. The molecule has 84 valence electrons. The third-order valence-corrected chi connectivity index (χ3v) is 5.81. The molecule has 15 heavy (non-hydrogen) atoms. The molecule has 0 radical (unpaired) electrons. The molecule has 1 aromatic carbocycles. The van der Waals surface area contributed by atoms with Crippen LogP contribution in [-0.4, -0.2) is 18.0 Å². The molecule has 3 heteroatoms. The topological polar surface area (TPSA) is 17.1 Å². The molecule has 0 heterocycles. The van der Waals surface area contributed by atoms with Crippen LogP contribution in [0.2, 0.25) is 25.7 Å². The highest BCUT2D eigenvalue weighted by Crippen LogP contribution is 2.14. The number of benzene rings is 1. The molecule has 0 saturated carbocycles. The van der Waals surface area contributed by atoms with E-state index in [2.05, 4.69) is 26.6 Å². The van der Waals surface area contributed by atoms with Gasteiger partial charge in [0.15, 0.2) is 0 Å². The van der Waals surface area contributed by atoms with Gasteiger partial charge in [0, 0.05) is 18.7 Å². The summed E-state index contributed by atoms with van der Waals surface area (Å²) in [7, 11) is -1.86. The standard InChI is InChI=1S/C12H20OSSi/c1-11-5-7-12(8-6-11)14(13)9-10-15(2,3)4/h5-8H,9-10H2,1-4H3. The maximum absolute atomic E-state index is 11.9. The van der Waals surface area contributed by atoms with Crippen LogP contribution in [-0.2, 0) is 10.8 Å². The number of rotatable bonds is 4.